The molecular weight excluding hydrogens is 751 g/mol. The lowest BCUT2D eigenvalue weighted by Crippen LogP contribution is -2.31. The zero-order valence-electron chi connectivity index (χ0n) is 38.1. The second kappa shape index (κ2) is 26.3. The maximum atomic E-state index is 7.00. The van der Waals surface area contributed by atoms with E-state index < -0.39 is 0 Å². The molecule has 5 aromatic rings. The highest BCUT2D eigenvalue weighted by Gasteiger charge is 2.26. The highest BCUT2D eigenvalue weighted by atomic mass is 14.9. The Labute approximate surface area is 374 Å². The number of nitrogens with two attached hydrogens (primary N) is 1. The quantitative estimate of drug-likeness (QED) is 0.0901. The summed E-state index contributed by atoms with van der Waals surface area (Å²) in [7, 11) is 0. The Kier molecular flexibility index (Phi) is 20.6. The fourth-order valence-corrected chi connectivity index (χ4v) is 8.01. The summed E-state index contributed by atoms with van der Waals surface area (Å²) < 4.78 is 0. The van der Waals surface area contributed by atoms with Gasteiger partial charge in [0.05, 0.1) is 12.1 Å². The van der Waals surface area contributed by atoms with Gasteiger partial charge in [-0.25, -0.2) is 0 Å². The summed E-state index contributed by atoms with van der Waals surface area (Å²) in [5.74, 6) is 0. The topological polar surface area (TPSA) is 61.9 Å². The van der Waals surface area contributed by atoms with E-state index in [0.29, 0.717) is 0 Å². The summed E-state index contributed by atoms with van der Waals surface area (Å²) in [5, 5.41) is 9.32. The summed E-state index contributed by atoms with van der Waals surface area (Å²) in [4.78, 5) is 0. The summed E-state index contributed by atoms with van der Waals surface area (Å²) in [6.07, 6.45) is 25.3. The third kappa shape index (κ3) is 12.9. The number of benzene rings is 5. The van der Waals surface area contributed by atoms with Gasteiger partial charge < -0.3 is 16.5 Å². The van der Waals surface area contributed by atoms with E-state index in [1.807, 2.05) is 52.0 Å². The second-order valence-corrected chi connectivity index (χ2v) is 14.9. The Bertz CT molecular complexity index is 2340. The van der Waals surface area contributed by atoms with Gasteiger partial charge in [0.1, 0.15) is 0 Å². The largest absolute Gasteiger partial charge is 0.320 e. The molecule has 0 radical (unpaired) electrons. The minimum atomic E-state index is -0.198. The van der Waals surface area contributed by atoms with Crippen molar-refractivity contribution in [1.29, 1.82) is 5.41 Å². The van der Waals surface area contributed by atoms with Crippen LogP contribution in [0.15, 0.2) is 199 Å². The molecule has 3 aliphatic carbocycles. The summed E-state index contributed by atoms with van der Waals surface area (Å²) in [5.41, 5.74) is 25.2. The molecule has 0 heterocycles. The fourth-order valence-electron chi connectivity index (χ4n) is 8.01. The molecule has 0 saturated heterocycles. The molecular formula is C59H69N3. The van der Waals surface area contributed by atoms with Gasteiger partial charge in [-0.1, -0.05) is 221 Å². The lowest BCUT2D eigenvalue weighted by Gasteiger charge is -2.22. The van der Waals surface area contributed by atoms with E-state index >= 15 is 0 Å². The average Bonchev–Trinajstić information content (AvgIpc) is 3.74. The summed E-state index contributed by atoms with van der Waals surface area (Å²) in [6.45, 7) is 19.5. The maximum absolute atomic E-state index is 7.00. The van der Waals surface area contributed by atoms with Gasteiger partial charge in [-0.3, -0.25) is 0 Å². The Morgan fingerprint density at radius 1 is 0.758 bits per heavy atom. The second-order valence-electron chi connectivity index (χ2n) is 14.9. The zero-order valence-corrected chi connectivity index (χ0v) is 38.1. The fraction of sp³-hybridized carbons (Fsp3) is 0.237. The van der Waals surface area contributed by atoms with Crippen LogP contribution in [0.25, 0.3) is 27.8 Å². The molecule has 320 valence electrons. The van der Waals surface area contributed by atoms with Crippen LogP contribution in [0.5, 0.6) is 0 Å². The van der Waals surface area contributed by atoms with E-state index in [1.165, 1.54) is 66.8 Å². The van der Waals surface area contributed by atoms with Gasteiger partial charge in [0.25, 0.3) is 0 Å². The summed E-state index contributed by atoms with van der Waals surface area (Å²) in [6, 6.07) is 43.3. The number of nitrogens with one attached hydrogen (secondary N) is 2. The molecule has 0 spiro atoms. The molecule has 4 N–H and O–H groups in total. The maximum Gasteiger partial charge on any atom is 0.0557 e. The molecule has 2 unspecified atom stereocenters. The molecule has 0 aliphatic heterocycles. The van der Waals surface area contributed by atoms with Crippen LogP contribution in [-0.2, 0) is 6.42 Å². The van der Waals surface area contributed by atoms with E-state index in [0.717, 1.165) is 49.8 Å². The van der Waals surface area contributed by atoms with Crippen molar-refractivity contribution >= 4 is 12.3 Å². The van der Waals surface area contributed by atoms with Crippen LogP contribution in [0, 0.1) is 12.3 Å². The molecule has 0 amide bonds. The molecule has 62 heavy (non-hydrogen) atoms. The van der Waals surface area contributed by atoms with Crippen molar-refractivity contribution in [3.05, 3.63) is 233 Å². The van der Waals surface area contributed by atoms with Crippen molar-refractivity contribution < 1.29 is 0 Å². The smallest absolute Gasteiger partial charge is 0.0557 e. The highest BCUT2D eigenvalue weighted by Crippen LogP contribution is 2.45. The molecule has 0 fully saturated rings. The van der Waals surface area contributed by atoms with Gasteiger partial charge in [-0.05, 0) is 119 Å². The predicted molar refractivity (Wildman–Crippen MR) is 273 cm³/mol. The van der Waals surface area contributed by atoms with E-state index in [2.05, 4.69) is 184 Å². The van der Waals surface area contributed by atoms with Gasteiger partial charge in [0.15, 0.2) is 0 Å². The first-order valence-corrected chi connectivity index (χ1v) is 22.5. The highest BCUT2D eigenvalue weighted by molar-refractivity contribution is 5.87. The standard InChI is InChI=1S/C47H46N2.C7H8.2C2H6.CH3N/c1-3-33(4-2)21-30-45(37-13-7-5-8-14-37)49-32-34-19-22-35(23-20-34)36-24-26-38(27-25-36)46-43(47(48)39-15-9-6-10-16-39)29-28-42-41-18-12-11-17-40(41)31-44(42)46;1-7-5-3-2-4-6-7;3*1-2/h3-4,6-7,9-19,21-22,24-30,45,47,49H,1,5,8,20,23,31-32,48H2,2H3;2-6H,1H3;2*1-2H3;2H,1H2/b30-21-,33-4+;;;;. The van der Waals surface area contributed by atoms with Crippen LogP contribution in [0.3, 0.4) is 0 Å². The van der Waals surface area contributed by atoms with Crippen LogP contribution in [0.4, 0.5) is 0 Å². The van der Waals surface area contributed by atoms with Crippen molar-refractivity contribution in [3.63, 3.8) is 0 Å². The molecule has 3 heteroatoms. The Hall–Kier alpha value is -6.13. The number of hydrogen-bond donors (Lipinski definition) is 3. The zero-order chi connectivity index (χ0) is 44.7. The van der Waals surface area contributed by atoms with Gasteiger partial charge >= 0.3 is 0 Å². The number of hydrogen-bond acceptors (Lipinski definition) is 3. The summed E-state index contributed by atoms with van der Waals surface area (Å²) >= 11 is 0. The van der Waals surface area contributed by atoms with Crippen molar-refractivity contribution in [2.75, 3.05) is 6.54 Å². The molecule has 3 aliphatic rings. The predicted octanol–water partition coefficient (Wildman–Crippen LogP) is 15.3. The molecule has 8 rings (SSSR count). The van der Waals surface area contributed by atoms with Gasteiger partial charge in [0.2, 0.25) is 0 Å². The van der Waals surface area contributed by atoms with Crippen LogP contribution in [0.2, 0.25) is 0 Å². The number of fused-ring (bicyclic) bond motifs is 3. The lowest BCUT2D eigenvalue weighted by atomic mass is 9.85. The number of aryl methyl sites for hydroxylation is 1. The SMILES string of the molecule is C=CC(/C=C\C(NCC1=CC=C(c2ccc(-c3c(C(N)c4ccccc4)ccc4c3Cc3ccccc3-4)cc2)CC1)C1=CCCC=C1)=C\C.C=N.CC.CC.Cc1ccccc1. The van der Waals surface area contributed by atoms with Gasteiger partial charge in [0, 0.05) is 6.54 Å². The van der Waals surface area contributed by atoms with Crippen molar-refractivity contribution in [1.82, 2.24) is 5.32 Å². The van der Waals surface area contributed by atoms with E-state index in [1.54, 1.807) is 0 Å². The molecule has 0 saturated carbocycles. The average molecular weight is 820 g/mol. The van der Waals surface area contributed by atoms with E-state index in [9.17, 15) is 0 Å². The van der Waals surface area contributed by atoms with Crippen LogP contribution in [0.1, 0.15) is 99.7 Å². The van der Waals surface area contributed by atoms with E-state index in [4.69, 9.17) is 11.1 Å². The van der Waals surface area contributed by atoms with Crippen LogP contribution >= 0.6 is 0 Å². The third-order valence-electron chi connectivity index (χ3n) is 11.2. The Balaban J connectivity index is 0.000000573. The van der Waals surface area contributed by atoms with Gasteiger partial charge in [-0.2, -0.15) is 0 Å². The number of rotatable bonds is 11. The van der Waals surface area contributed by atoms with Crippen molar-refractivity contribution in [2.24, 2.45) is 5.73 Å². The third-order valence-corrected chi connectivity index (χ3v) is 11.2. The number of allylic oxidation sites excluding steroid dienone is 9. The van der Waals surface area contributed by atoms with Crippen molar-refractivity contribution in [2.45, 2.75) is 85.7 Å². The first-order chi connectivity index (χ1) is 30.5. The van der Waals surface area contributed by atoms with Crippen LogP contribution in [-0.4, -0.2) is 19.3 Å². The molecule has 0 aromatic heterocycles. The first-order valence-electron chi connectivity index (χ1n) is 22.5. The Morgan fingerprint density at radius 2 is 1.42 bits per heavy atom. The normalized spacial score (nSPS) is 14.5. The minimum Gasteiger partial charge on any atom is -0.320 e. The molecule has 5 aromatic carbocycles. The van der Waals surface area contributed by atoms with E-state index in [-0.39, 0.29) is 12.1 Å². The van der Waals surface area contributed by atoms with Gasteiger partial charge in [-0.15, -0.1) is 0 Å². The first kappa shape index (κ1) is 48.5. The Morgan fingerprint density at radius 3 is 2.02 bits per heavy atom. The molecule has 2 atom stereocenters. The van der Waals surface area contributed by atoms with Crippen molar-refractivity contribution in [3.8, 4) is 22.3 Å². The minimum absolute atomic E-state index is 0.178. The lowest BCUT2D eigenvalue weighted by molar-refractivity contribution is 0.679. The molecule has 0 bridgehead atoms. The monoisotopic (exact) mass is 820 g/mol. The van der Waals surface area contributed by atoms with Crippen LogP contribution < -0.4 is 11.1 Å². The molecule has 3 nitrogen and oxygen atoms in total.